The fourth-order valence-electron chi connectivity index (χ4n) is 1.74. The minimum atomic E-state index is -1.36. The highest BCUT2D eigenvalue weighted by molar-refractivity contribution is 5.93. The Hall–Kier alpha value is -2.64. The van der Waals surface area contributed by atoms with Crippen LogP contribution in [0.25, 0.3) is 0 Å². The van der Waals surface area contributed by atoms with E-state index in [4.69, 9.17) is 9.84 Å². The fraction of sp³-hybridized carbons (Fsp3) is 0.385. The number of nitro benzene ring substituents is 1. The Morgan fingerprint density at radius 1 is 1.48 bits per heavy atom. The van der Waals surface area contributed by atoms with Gasteiger partial charge in [0.2, 0.25) is 5.75 Å². The first-order valence-corrected chi connectivity index (χ1v) is 6.38. The maximum absolute atomic E-state index is 11.8. The molecular formula is C13H14N2O6. The lowest BCUT2D eigenvalue weighted by molar-refractivity contribution is -0.386. The quantitative estimate of drug-likeness (QED) is 0.603. The lowest BCUT2D eigenvalue weighted by Gasteiger charge is -2.15. The number of aromatic carboxylic acids is 1. The van der Waals surface area contributed by atoms with Gasteiger partial charge in [0.15, 0.2) is 6.10 Å². The number of carbonyl (C=O) groups is 2. The molecule has 8 nitrogen and oxygen atoms in total. The number of nitrogens with zero attached hydrogens (tertiary/aromatic N) is 1. The standard InChI is InChI=1S/C13H14N2O6/c1-7(12(16)14-8-5-6-8)21-11-9(13(17)18)3-2-4-10(11)15(19)20/h2-4,7-8H,5-6H2,1H3,(H,14,16)(H,17,18). The second-order valence-corrected chi connectivity index (χ2v) is 4.76. The molecule has 1 aromatic rings. The Kier molecular flexibility index (Phi) is 4.06. The molecule has 1 unspecified atom stereocenters. The first-order valence-electron chi connectivity index (χ1n) is 6.38. The molecule has 8 heteroatoms. The summed E-state index contributed by atoms with van der Waals surface area (Å²) < 4.78 is 5.26. The Labute approximate surface area is 119 Å². The molecule has 0 aromatic heterocycles. The number of carboxylic acid groups (broad SMARTS) is 1. The van der Waals surface area contributed by atoms with Crippen molar-refractivity contribution in [3.05, 3.63) is 33.9 Å². The number of ether oxygens (including phenoxy) is 1. The van der Waals surface area contributed by atoms with Gasteiger partial charge >= 0.3 is 11.7 Å². The van der Waals surface area contributed by atoms with E-state index in [2.05, 4.69) is 5.32 Å². The summed E-state index contributed by atoms with van der Waals surface area (Å²) >= 11 is 0. The Morgan fingerprint density at radius 3 is 2.67 bits per heavy atom. The van der Waals surface area contributed by atoms with E-state index in [1.807, 2.05) is 0 Å². The number of benzene rings is 1. The third-order valence-corrected chi connectivity index (χ3v) is 3.01. The molecule has 112 valence electrons. The maximum Gasteiger partial charge on any atom is 0.339 e. The van der Waals surface area contributed by atoms with E-state index in [0.717, 1.165) is 18.9 Å². The van der Waals surface area contributed by atoms with Gasteiger partial charge in [-0.15, -0.1) is 0 Å². The largest absolute Gasteiger partial charge is 0.478 e. The van der Waals surface area contributed by atoms with E-state index in [1.54, 1.807) is 0 Å². The van der Waals surface area contributed by atoms with Gasteiger partial charge in [0.05, 0.1) is 4.92 Å². The summed E-state index contributed by atoms with van der Waals surface area (Å²) in [4.78, 5) is 33.2. The lowest BCUT2D eigenvalue weighted by atomic mass is 10.1. The summed E-state index contributed by atoms with van der Waals surface area (Å²) in [5, 5.41) is 22.7. The van der Waals surface area contributed by atoms with Gasteiger partial charge in [-0.1, -0.05) is 6.07 Å². The van der Waals surface area contributed by atoms with Gasteiger partial charge in [-0.25, -0.2) is 4.79 Å². The van der Waals surface area contributed by atoms with Crippen LogP contribution in [0, 0.1) is 10.1 Å². The van der Waals surface area contributed by atoms with Crippen LogP contribution in [0.1, 0.15) is 30.1 Å². The first-order chi connectivity index (χ1) is 9.90. The molecule has 2 rings (SSSR count). The van der Waals surface area contributed by atoms with E-state index >= 15 is 0 Å². The van der Waals surface area contributed by atoms with Crippen LogP contribution in [0.15, 0.2) is 18.2 Å². The van der Waals surface area contributed by atoms with Gasteiger partial charge in [0.1, 0.15) is 5.56 Å². The molecule has 1 saturated carbocycles. The van der Waals surface area contributed by atoms with Crippen LogP contribution in [0.2, 0.25) is 0 Å². The molecule has 1 aliphatic rings. The average Bonchev–Trinajstić information content (AvgIpc) is 3.22. The molecule has 2 N–H and O–H groups in total. The molecule has 21 heavy (non-hydrogen) atoms. The zero-order chi connectivity index (χ0) is 15.6. The van der Waals surface area contributed by atoms with E-state index < -0.39 is 34.3 Å². The van der Waals surface area contributed by atoms with Crippen molar-refractivity contribution in [2.24, 2.45) is 0 Å². The van der Waals surface area contributed by atoms with Crippen molar-refractivity contribution in [3.63, 3.8) is 0 Å². The molecular weight excluding hydrogens is 280 g/mol. The van der Waals surface area contributed by atoms with Crippen molar-refractivity contribution >= 4 is 17.6 Å². The van der Waals surface area contributed by atoms with Crippen LogP contribution < -0.4 is 10.1 Å². The first kappa shape index (κ1) is 14.8. The number of amides is 1. The SMILES string of the molecule is CC(Oc1c(C(=O)O)cccc1[N+](=O)[O-])C(=O)NC1CC1. The number of nitro groups is 1. The summed E-state index contributed by atoms with van der Waals surface area (Å²) in [7, 11) is 0. The summed E-state index contributed by atoms with van der Waals surface area (Å²) in [5.74, 6) is -2.19. The molecule has 0 bridgehead atoms. The van der Waals surface area contributed by atoms with Crippen molar-refractivity contribution in [1.29, 1.82) is 0 Å². The summed E-state index contributed by atoms with van der Waals surface area (Å²) in [6, 6.07) is 3.69. The number of para-hydroxylation sites is 1. The molecule has 1 atom stereocenters. The Balaban J connectivity index is 2.25. The van der Waals surface area contributed by atoms with Crippen LogP contribution in [-0.4, -0.2) is 34.1 Å². The zero-order valence-electron chi connectivity index (χ0n) is 11.2. The number of carbonyl (C=O) groups excluding carboxylic acids is 1. The monoisotopic (exact) mass is 294 g/mol. The number of carboxylic acids is 1. The number of hydrogen-bond donors (Lipinski definition) is 2. The van der Waals surface area contributed by atoms with Crippen LogP contribution in [0.4, 0.5) is 5.69 Å². The number of nitrogens with one attached hydrogen (secondary N) is 1. The molecule has 0 heterocycles. The molecule has 0 saturated heterocycles. The number of hydrogen-bond acceptors (Lipinski definition) is 5. The highest BCUT2D eigenvalue weighted by Gasteiger charge is 2.29. The minimum absolute atomic E-state index is 0.119. The van der Waals surface area contributed by atoms with Crippen molar-refractivity contribution in [2.45, 2.75) is 31.9 Å². The van der Waals surface area contributed by atoms with E-state index in [1.165, 1.54) is 19.1 Å². The van der Waals surface area contributed by atoms with E-state index in [0.29, 0.717) is 0 Å². The molecule has 0 spiro atoms. The van der Waals surface area contributed by atoms with Crippen molar-refractivity contribution in [1.82, 2.24) is 5.32 Å². The van der Waals surface area contributed by atoms with E-state index in [9.17, 15) is 19.7 Å². The van der Waals surface area contributed by atoms with Crippen molar-refractivity contribution in [2.75, 3.05) is 0 Å². The number of rotatable bonds is 6. The van der Waals surface area contributed by atoms with E-state index in [-0.39, 0.29) is 11.6 Å². The predicted molar refractivity (Wildman–Crippen MR) is 71.3 cm³/mol. The second-order valence-electron chi connectivity index (χ2n) is 4.76. The molecule has 0 radical (unpaired) electrons. The topological polar surface area (TPSA) is 119 Å². The van der Waals surface area contributed by atoms with Gasteiger partial charge in [-0.3, -0.25) is 14.9 Å². The normalized spacial score (nSPS) is 15.1. The van der Waals surface area contributed by atoms with Crippen molar-refractivity contribution in [3.8, 4) is 5.75 Å². The van der Waals surface area contributed by atoms with Gasteiger partial charge in [0.25, 0.3) is 5.91 Å². The van der Waals surface area contributed by atoms with Gasteiger partial charge in [0, 0.05) is 12.1 Å². The van der Waals surface area contributed by atoms with Crippen LogP contribution in [0.3, 0.4) is 0 Å². The van der Waals surface area contributed by atoms with Gasteiger partial charge < -0.3 is 15.2 Å². The summed E-state index contributed by atoms with van der Waals surface area (Å²) in [5.41, 5.74) is -0.837. The lowest BCUT2D eigenvalue weighted by Crippen LogP contribution is -2.37. The molecule has 1 fully saturated rings. The van der Waals surface area contributed by atoms with Crippen LogP contribution in [0.5, 0.6) is 5.75 Å². The van der Waals surface area contributed by atoms with Gasteiger partial charge in [-0.2, -0.15) is 0 Å². The molecule has 0 aliphatic heterocycles. The second kappa shape index (κ2) is 5.78. The Bertz CT molecular complexity index is 564. The van der Waals surface area contributed by atoms with Crippen molar-refractivity contribution < 1.29 is 24.4 Å². The van der Waals surface area contributed by atoms with Crippen LogP contribution in [-0.2, 0) is 4.79 Å². The summed E-state index contributed by atoms with van der Waals surface area (Å²) in [6.45, 7) is 1.42. The third-order valence-electron chi connectivity index (χ3n) is 3.01. The van der Waals surface area contributed by atoms with Crippen LogP contribution >= 0.6 is 0 Å². The smallest absolute Gasteiger partial charge is 0.339 e. The molecule has 1 aliphatic carbocycles. The third kappa shape index (κ3) is 3.47. The maximum atomic E-state index is 11.8. The van der Waals surface area contributed by atoms with Gasteiger partial charge in [-0.05, 0) is 25.8 Å². The zero-order valence-corrected chi connectivity index (χ0v) is 11.2. The summed E-state index contributed by atoms with van der Waals surface area (Å²) in [6.07, 6.45) is 0.763. The Morgan fingerprint density at radius 2 is 2.14 bits per heavy atom. The molecule has 1 aromatic carbocycles. The average molecular weight is 294 g/mol. The predicted octanol–water partition coefficient (Wildman–Crippen LogP) is 1.34. The highest BCUT2D eigenvalue weighted by atomic mass is 16.6. The highest BCUT2D eigenvalue weighted by Crippen LogP contribution is 2.32. The molecule has 1 amide bonds. The fourth-order valence-corrected chi connectivity index (χ4v) is 1.74. The minimum Gasteiger partial charge on any atom is -0.478 e.